The highest BCUT2D eigenvalue weighted by Crippen LogP contribution is 2.11. The zero-order valence-corrected chi connectivity index (χ0v) is 10.7. The predicted molar refractivity (Wildman–Crippen MR) is 66.1 cm³/mol. The highest BCUT2D eigenvalue weighted by Gasteiger charge is 2.12. The highest BCUT2D eigenvalue weighted by molar-refractivity contribution is 9.10. The maximum Gasteiger partial charge on any atom is 0.240 e. The molecule has 0 saturated heterocycles. The molecule has 1 heterocycles. The van der Waals surface area contributed by atoms with Crippen LogP contribution in [0.2, 0.25) is 0 Å². The van der Waals surface area contributed by atoms with Gasteiger partial charge in [-0.05, 0) is 28.1 Å². The van der Waals surface area contributed by atoms with Crippen LogP contribution in [0.1, 0.15) is 0 Å². The van der Waals surface area contributed by atoms with Crippen LogP contribution in [0.5, 0.6) is 0 Å². The summed E-state index contributed by atoms with van der Waals surface area (Å²) in [6.07, 6.45) is 1.48. The monoisotopic (exact) mass is 309 g/mol. The summed E-state index contributed by atoms with van der Waals surface area (Å²) in [4.78, 5) is 3.77. The summed E-state index contributed by atoms with van der Waals surface area (Å²) >= 11 is 7.70. The first kappa shape index (κ1) is 12.3. The number of rotatable bonds is 4. The molecule has 1 rings (SSSR count). The van der Waals surface area contributed by atoms with Crippen molar-refractivity contribution in [2.45, 2.75) is 0 Å². The number of nitrogens with zero attached hydrogens (tertiary/aromatic N) is 1. The molecule has 0 saturated carbocycles. The van der Waals surface area contributed by atoms with Gasteiger partial charge in [-0.25, -0.2) is 13.4 Å². The summed E-state index contributed by atoms with van der Waals surface area (Å²) in [5.41, 5.74) is 5.14. The van der Waals surface area contributed by atoms with Crippen LogP contribution in [0.3, 0.4) is 0 Å². The Balaban J connectivity index is 2.78. The number of anilines is 1. The van der Waals surface area contributed by atoms with Gasteiger partial charge < -0.3 is 5.73 Å². The summed E-state index contributed by atoms with van der Waals surface area (Å²) in [6.45, 7) is 0. The summed E-state index contributed by atoms with van der Waals surface area (Å²) in [6, 6.07) is 3.20. The first-order valence-electron chi connectivity index (χ1n) is 3.79. The molecule has 3 N–H and O–H groups in total. The van der Waals surface area contributed by atoms with E-state index in [1.807, 2.05) is 0 Å². The van der Waals surface area contributed by atoms with Gasteiger partial charge >= 0.3 is 0 Å². The third-order valence-electron chi connectivity index (χ3n) is 1.32. The number of aromatic nitrogens is 1. The van der Waals surface area contributed by atoms with Crippen LogP contribution in [0, 0.1) is 0 Å². The van der Waals surface area contributed by atoms with Crippen LogP contribution >= 0.6 is 28.1 Å². The molecule has 0 amide bonds. The molecule has 0 aliphatic carbocycles. The van der Waals surface area contributed by atoms with E-state index in [1.165, 1.54) is 12.3 Å². The number of nitrogens with one attached hydrogen (secondary N) is 1. The molecule has 5 nitrogen and oxygen atoms in total. The second-order valence-electron chi connectivity index (χ2n) is 2.69. The second-order valence-corrected chi connectivity index (χ2v) is 5.85. The number of sulfonamides is 1. The van der Waals surface area contributed by atoms with Crippen molar-refractivity contribution in [2.75, 3.05) is 10.5 Å². The quantitative estimate of drug-likeness (QED) is 0.806. The van der Waals surface area contributed by atoms with Crippen molar-refractivity contribution in [2.24, 2.45) is 5.73 Å². The molecular formula is C7H8BrN3O2S2. The molecule has 0 unspecified atom stereocenters. The van der Waals surface area contributed by atoms with E-state index in [0.717, 1.165) is 4.47 Å². The summed E-state index contributed by atoms with van der Waals surface area (Å²) in [5.74, 6) is -0.158. The van der Waals surface area contributed by atoms with Gasteiger partial charge in [0.2, 0.25) is 10.0 Å². The number of thiocarbonyl (C=S) groups is 1. The van der Waals surface area contributed by atoms with Crippen molar-refractivity contribution < 1.29 is 8.42 Å². The van der Waals surface area contributed by atoms with Crippen LogP contribution < -0.4 is 10.5 Å². The lowest BCUT2D eigenvalue weighted by atomic mass is 10.5. The standard InChI is InChI=1S/C7H8BrN3O2S2/c8-5-1-2-7(10-3-5)11-15(12,13)4-6(9)14/h1-3H,4H2,(H2,9,14)(H,10,11). The fraction of sp³-hybridized carbons (Fsp3) is 0.143. The normalized spacial score (nSPS) is 11.0. The Morgan fingerprint density at radius 1 is 1.60 bits per heavy atom. The molecule has 15 heavy (non-hydrogen) atoms. The molecule has 1 aromatic rings. The topological polar surface area (TPSA) is 85.1 Å². The van der Waals surface area contributed by atoms with Crippen molar-refractivity contribution in [3.63, 3.8) is 0 Å². The number of pyridine rings is 1. The Morgan fingerprint density at radius 3 is 2.73 bits per heavy atom. The first-order chi connectivity index (χ1) is 6.89. The predicted octanol–water partition coefficient (Wildman–Crippen LogP) is 0.872. The zero-order chi connectivity index (χ0) is 11.5. The van der Waals surface area contributed by atoms with Gasteiger partial charge in [0.05, 0.1) is 4.99 Å². The minimum atomic E-state index is -3.54. The lowest BCUT2D eigenvalue weighted by Crippen LogP contribution is -2.26. The fourth-order valence-electron chi connectivity index (χ4n) is 0.819. The number of hydrogen-bond donors (Lipinski definition) is 2. The molecule has 0 aromatic carbocycles. The fourth-order valence-corrected chi connectivity index (χ4v) is 2.40. The summed E-state index contributed by atoms with van der Waals surface area (Å²) in [7, 11) is -3.54. The van der Waals surface area contributed by atoms with Gasteiger partial charge in [0.25, 0.3) is 0 Å². The van der Waals surface area contributed by atoms with Crippen molar-refractivity contribution in [1.29, 1.82) is 0 Å². The molecule has 0 atom stereocenters. The van der Waals surface area contributed by atoms with Gasteiger partial charge in [-0.2, -0.15) is 0 Å². The molecule has 0 aliphatic heterocycles. The van der Waals surface area contributed by atoms with Gasteiger partial charge in [-0.1, -0.05) is 12.2 Å². The van der Waals surface area contributed by atoms with Crippen LogP contribution in [0.15, 0.2) is 22.8 Å². The van der Waals surface area contributed by atoms with E-state index in [2.05, 4.69) is 37.9 Å². The molecule has 8 heteroatoms. The van der Waals surface area contributed by atoms with Gasteiger partial charge in [0, 0.05) is 10.7 Å². The van der Waals surface area contributed by atoms with Gasteiger partial charge in [-0.15, -0.1) is 0 Å². The second kappa shape index (κ2) is 4.86. The molecule has 82 valence electrons. The molecule has 1 aromatic heterocycles. The lowest BCUT2D eigenvalue weighted by Gasteiger charge is -2.05. The average Bonchev–Trinajstić information content (AvgIpc) is 2.06. The molecule has 0 bridgehead atoms. The Hall–Kier alpha value is -0.730. The van der Waals surface area contributed by atoms with Crippen molar-refractivity contribution in [1.82, 2.24) is 4.98 Å². The zero-order valence-electron chi connectivity index (χ0n) is 7.47. The Morgan fingerprint density at radius 2 is 2.27 bits per heavy atom. The van der Waals surface area contributed by atoms with Crippen LogP contribution in [-0.2, 0) is 10.0 Å². The van der Waals surface area contributed by atoms with Crippen LogP contribution in [-0.4, -0.2) is 24.1 Å². The van der Waals surface area contributed by atoms with E-state index in [4.69, 9.17) is 5.73 Å². The van der Waals surface area contributed by atoms with Gasteiger partial charge in [0.1, 0.15) is 11.6 Å². The van der Waals surface area contributed by atoms with Crippen molar-refractivity contribution in [3.05, 3.63) is 22.8 Å². The largest absolute Gasteiger partial charge is 0.392 e. The number of hydrogen-bond acceptors (Lipinski definition) is 4. The lowest BCUT2D eigenvalue weighted by molar-refractivity contribution is 0.604. The smallest absolute Gasteiger partial charge is 0.240 e. The number of nitrogens with two attached hydrogens (primary N) is 1. The van der Waals surface area contributed by atoms with Crippen LogP contribution in [0.25, 0.3) is 0 Å². The van der Waals surface area contributed by atoms with Crippen molar-refractivity contribution in [3.8, 4) is 0 Å². The maximum atomic E-state index is 11.4. The Labute approximate surface area is 101 Å². The summed E-state index contributed by atoms with van der Waals surface area (Å²) < 4.78 is 25.7. The minimum Gasteiger partial charge on any atom is -0.392 e. The van der Waals surface area contributed by atoms with E-state index >= 15 is 0 Å². The van der Waals surface area contributed by atoms with Crippen LogP contribution in [0.4, 0.5) is 5.82 Å². The molecule has 0 spiro atoms. The minimum absolute atomic E-state index is 0.0837. The average molecular weight is 310 g/mol. The third kappa shape index (κ3) is 4.54. The van der Waals surface area contributed by atoms with E-state index in [1.54, 1.807) is 6.07 Å². The highest BCUT2D eigenvalue weighted by atomic mass is 79.9. The van der Waals surface area contributed by atoms with E-state index in [0.29, 0.717) is 0 Å². The SMILES string of the molecule is NC(=S)CS(=O)(=O)Nc1ccc(Br)cn1. The van der Waals surface area contributed by atoms with E-state index in [-0.39, 0.29) is 16.6 Å². The Kier molecular flexibility index (Phi) is 4.00. The summed E-state index contributed by atoms with van der Waals surface area (Å²) in [5, 5.41) is 0. The van der Waals surface area contributed by atoms with Gasteiger partial charge in [0.15, 0.2) is 0 Å². The third-order valence-corrected chi connectivity index (χ3v) is 3.33. The first-order valence-corrected chi connectivity index (χ1v) is 6.65. The maximum absolute atomic E-state index is 11.4. The van der Waals surface area contributed by atoms with E-state index in [9.17, 15) is 8.42 Å². The molecular weight excluding hydrogens is 302 g/mol. The molecule has 0 radical (unpaired) electrons. The molecule has 0 fully saturated rings. The van der Waals surface area contributed by atoms with Gasteiger partial charge in [-0.3, -0.25) is 4.72 Å². The Bertz CT molecular complexity index is 458. The number of halogens is 1. The molecule has 0 aliphatic rings. The van der Waals surface area contributed by atoms with E-state index < -0.39 is 10.0 Å². The van der Waals surface area contributed by atoms with Crippen molar-refractivity contribution >= 4 is 49.0 Å².